The number of halogens is 1. The number of benzene rings is 1. The largest absolute Gasteiger partial charge is 0.324 e. The number of hydrogen-bond acceptors (Lipinski definition) is 2. The van der Waals surface area contributed by atoms with Gasteiger partial charge in [0.25, 0.3) is 0 Å². The molecule has 0 unspecified atom stereocenters. The number of aromatic nitrogens is 2. The van der Waals surface area contributed by atoms with Crippen LogP contribution in [0.5, 0.6) is 0 Å². The lowest BCUT2D eigenvalue weighted by molar-refractivity contribution is 0.180. The van der Waals surface area contributed by atoms with Crippen molar-refractivity contribution in [1.29, 1.82) is 0 Å². The summed E-state index contributed by atoms with van der Waals surface area (Å²) in [6.07, 6.45) is 5.67. The van der Waals surface area contributed by atoms with Crippen molar-refractivity contribution >= 4 is 11.7 Å². The molecule has 3 rings (SSSR count). The lowest BCUT2D eigenvalue weighted by Gasteiger charge is -2.32. The van der Waals surface area contributed by atoms with Crippen molar-refractivity contribution in [3.05, 3.63) is 48.0 Å². The molecule has 2 heterocycles. The molecule has 1 aliphatic heterocycles. The number of hydrogen-bond donors (Lipinski definition) is 1. The molecule has 0 radical (unpaired) electrons. The molecular weight excluding hydrogens is 283 g/mol. The normalized spacial score (nSPS) is 15.8. The molecule has 2 amide bonds. The number of nitrogens with zero attached hydrogens (tertiary/aromatic N) is 3. The minimum atomic E-state index is -0.312. The Labute approximate surface area is 128 Å². The van der Waals surface area contributed by atoms with Gasteiger partial charge in [0.2, 0.25) is 0 Å². The van der Waals surface area contributed by atoms with Gasteiger partial charge in [0.15, 0.2) is 0 Å². The Morgan fingerprint density at radius 3 is 2.55 bits per heavy atom. The molecule has 1 fully saturated rings. The number of nitrogens with one attached hydrogen (secondary N) is 1. The van der Waals surface area contributed by atoms with Crippen molar-refractivity contribution in [3.63, 3.8) is 0 Å². The third kappa shape index (κ3) is 3.27. The van der Waals surface area contributed by atoms with Crippen LogP contribution in [0.3, 0.4) is 0 Å². The van der Waals surface area contributed by atoms with E-state index in [1.165, 1.54) is 12.1 Å². The maximum absolute atomic E-state index is 12.9. The average molecular weight is 302 g/mol. The van der Waals surface area contributed by atoms with Gasteiger partial charge in [-0.25, -0.2) is 9.18 Å². The molecule has 2 aromatic rings. The summed E-state index contributed by atoms with van der Waals surface area (Å²) >= 11 is 0. The monoisotopic (exact) mass is 302 g/mol. The summed E-state index contributed by atoms with van der Waals surface area (Å²) < 4.78 is 14.8. The SMILES string of the molecule is Cc1cnn(C2CCN(C(=O)Nc3ccc(F)cc3)CC2)c1. The molecule has 6 heteroatoms. The van der Waals surface area contributed by atoms with Crippen LogP contribution in [0.4, 0.5) is 14.9 Å². The molecule has 1 saturated heterocycles. The van der Waals surface area contributed by atoms with Crippen molar-refractivity contribution in [3.8, 4) is 0 Å². The van der Waals surface area contributed by atoms with Gasteiger partial charge in [-0.2, -0.15) is 5.10 Å². The highest BCUT2D eigenvalue weighted by Crippen LogP contribution is 2.22. The molecule has 1 aliphatic rings. The quantitative estimate of drug-likeness (QED) is 0.926. The van der Waals surface area contributed by atoms with Crippen LogP contribution in [0.1, 0.15) is 24.4 Å². The van der Waals surface area contributed by atoms with Crippen molar-refractivity contribution < 1.29 is 9.18 Å². The molecule has 0 atom stereocenters. The van der Waals surface area contributed by atoms with Crippen LogP contribution in [0.15, 0.2) is 36.7 Å². The number of amides is 2. The Bertz CT molecular complexity index is 644. The van der Waals surface area contributed by atoms with Gasteiger partial charge in [-0.15, -0.1) is 0 Å². The molecule has 0 bridgehead atoms. The van der Waals surface area contributed by atoms with Crippen LogP contribution in [0, 0.1) is 12.7 Å². The van der Waals surface area contributed by atoms with Crippen LogP contribution >= 0.6 is 0 Å². The maximum Gasteiger partial charge on any atom is 0.321 e. The smallest absolute Gasteiger partial charge is 0.321 e. The molecule has 0 aliphatic carbocycles. The number of anilines is 1. The van der Waals surface area contributed by atoms with Gasteiger partial charge in [0, 0.05) is 25.0 Å². The predicted molar refractivity (Wildman–Crippen MR) is 82.2 cm³/mol. The van der Waals surface area contributed by atoms with E-state index in [1.54, 1.807) is 17.0 Å². The first-order valence-electron chi connectivity index (χ1n) is 7.44. The third-order valence-electron chi connectivity index (χ3n) is 3.95. The van der Waals surface area contributed by atoms with Gasteiger partial charge in [-0.05, 0) is 49.6 Å². The zero-order valence-electron chi connectivity index (χ0n) is 12.5. The molecule has 1 aromatic carbocycles. The fraction of sp³-hybridized carbons (Fsp3) is 0.375. The van der Waals surface area contributed by atoms with Crippen molar-refractivity contribution in [2.24, 2.45) is 0 Å². The minimum absolute atomic E-state index is 0.137. The maximum atomic E-state index is 12.9. The van der Waals surface area contributed by atoms with Crippen LogP contribution in [0.2, 0.25) is 0 Å². The fourth-order valence-corrected chi connectivity index (χ4v) is 2.70. The van der Waals surface area contributed by atoms with Gasteiger partial charge in [-0.1, -0.05) is 0 Å². The third-order valence-corrected chi connectivity index (χ3v) is 3.95. The molecular formula is C16H19FN4O. The number of aryl methyl sites for hydroxylation is 1. The van der Waals surface area contributed by atoms with E-state index in [9.17, 15) is 9.18 Å². The number of likely N-dealkylation sites (tertiary alicyclic amines) is 1. The molecule has 1 N–H and O–H groups in total. The van der Waals surface area contributed by atoms with E-state index in [0.29, 0.717) is 24.8 Å². The van der Waals surface area contributed by atoms with E-state index in [4.69, 9.17) is 0 Å². The Morgan fingerprint density at radius 2 is 1.95 bits per heavy atom. The van der Waals surface area contributed by atoms with E-state index in [1.807, 2.05) is 24.0 Å². The number of rotatable bonds is 2. The van der Waals surface area contributed by atoms with Gasteiger partial charge in [-0.3, -0.25) is 4.68 Å². The Kier molecular flexibility index (Phi) is 4.09. The van der Waals surface area contributed by atoms with Gasteiger partial charge in [0.05, 0.1) is 12.2 Å². The second kappa shape index (κ2) is 6.17. The van der Waals surface area contributed by atoms with Crippen LogP contribution in [0.25, 0.3) is 0 Å². The van der Waals surface area contributed by atoms with Gasteiger partial charge >= 0.3 is 6.03 Å². The predicted octanol–water partition coefficient (Wildman–Crippen LogP) is 3.20. The second-order valence-electron chi connectivity index (χ2n) is 5.65. The molecule has 22 heavy (non-hydrogen) atoms. The van der Waals surface area contributed by atoms with E-state index in [-0.39, 0.29) is 11.8 Å². The van der Waals surface area contributed by atoms with Crippen LogP contribution < -0.4 is 5.32 Å². The van der Waals surface area contributed by atoms with Crippen LogP contribution in [-0.4, -0.2) is 33.8 Å². The second-order valence-corrected chi connectivity index (χ2v) is 5.65. The summed E-state index contributed by atoms with van der Waals surface area (Å²) in [6, 6.07) is 6.01. The highest BCUT2D eigenvalue weighted by molar-refractivity contribution is 5.89. The summed E-state index contributed by atoms with van der Waals surface area (Å²) in [7, 11) is 0. The zero-order chi connectivity index (χ0) is 15.5. The highest BCUT2D eigenvalue weighted by atomic mass is 19.1. The first-order chi connectivity index (χ1) is 10.6. The number of urea groups is 1. The van der Waals surface area contributed by atoms with E-state index in [2.05, 4.69) is 10.4 Å². The topological polar surface area (TPSA) is 50.2 Å². The fourth-order valence-electron chi connectivity index (χ4n) is 2.70. The molecule has 5 nitrogen and oxygen atoms in total. The van der Waals surface area contributed by atoms with E-state index >= 15 is 0 Å². The van der Waals surface area contributed by atoms with Crippen molar-refractivity contribution in [1.82, 2.24) is 14.7 Å². The Balaban J connectivity index is 1.54. The summed E-state index contributed by atoms with van der Waals surface area (Å²) in [6.45, 7) is 3.40. The van der Waals surface area contributed by atoms with E-state index < -0.39 is 0 Å². The van der Waals surface area contributed by atoms with Gasteiger partial charge in [0.1, 0.15) is 5.82 Å². The number of carbonyl (C=O) groups excluding carboxylic acids is 1. The van der Waals surface area contributed by atoms with Gasteiger partial charge < -0.3 is 10.2 Å². The van der Waals surface area contributed by atoms with Crippen molar-refractivity contribution in [2.45, 2.75) is 25.8 Å². The Morgan fingerprint density at radius 1 is 1.27 bits per heavy atom. The van der Waals surface area contributed by atoms with Crippen LogP contribution in [-0.2, 0) is 0 Å². The standard InChI is InChI=1S/C16H19FN4O/c1-12-10-18-21(11-12)15-6-8-20(9-7-15)16(22)19-14-4-2-13(17)3-5-14/h2-5,10-11,15H,6-9H2,1H3,(H,19,22). The Hall–Kier alpha value is -2.37. The van der Waals surface area contributed by atoms with E-state index in [0.717, 1.165) is 18.4 Å². The summed E-state index contributed by atoms with van der Waals surface area (Å²) in [5.41, 5.74) is 1.76. The lowest BCUT2D eigenvalue weighted by atomic mass is 10.1. The highest BCUT2D eigenvalue weighted by Gasteiger charge is 2.24. The molecule has 0 saturated carbocycles. The summed E-state index contributed by atoms with van der Waals surface area (Å²) in [4.78, 5) is 14.0. The molecule has 0 spiro atoms. The first kappa shape index (κ1) is 14.6. The number of piperidine rings is 1. The molecule has 116 valence electrons. The minimum Gasteiger partial charge on any atom is -0.324 e. The molecule has 1 aromatic heterocycles. The average Bonchev–Trinajstić information content (AvgIpc) is 2.96. The summed E-state index contributed by atoms with van der Waals surface area (Å²) in [5, 5.41) is 7.14. The number of carbonyl (C=O) groups is 1. The summed E-state index contributed by atoms with van der Waals surface area (Å²) in [5.74, 6) is -0.312. The lowest BCUT2D eigenvalue weighted by Crippen LogP contribution is -2.41. The zero-order valence-corrected chi connectivity index (χ0v) is 12.5. The van der Waals surface area contributed by atoms with Crippen molar-refractivity contribution in [2.75, 3.05) is 18.4 Å². The first-order valence-corrected chi connectivity index (χ1v) is 7.44.